The monoisotopic (exact) mass is 367 g/mol. The summed E-state index contributed by atoms with van der Waals surface area (Å²) in [6, 6.07) is 10.2. The molecule has 6 heteroatoms. The van der Waals surface area contributed by atoms with E-state index >= 15 is 0 Å². The number of rotatable bonds is 4. The minimum absolute atomic E-state index is 0.176. The number of hydrogen-bond acceptors (Lipinski definition) is 4. The minimum atomic E-state index is 0.176. The highest BCUT2D eigenvalue weighted by molar-refractivity contribution is 7.14. The van der Waals surface area contributed by atoms with E-state index in [0.717, 1.165) is 52.2 Å². The van der Waals surface area contributed by atoms with Gasteiger partial charge >= 0.3 is 0 Å². The predicted molar refractivity (Wildman–Crippen MR) is 104 cm³/mol. The third-order valence-electron chi connectivity index (χ3n) is 4.83. The number of amides is 1. The van der Waals surface area contributed by atoms with Crippen molar-refractivity contribution >= 4 is 22.4 Å². The summed E-state index contributed by atoms with van der Waals surface area (Å²) in [5, 5.41) is 2.85. The van der Waals surface area contributed by atoms with Crippen molar-refractivity contribution in [1.82, 2.24) is 9.55 Å². The zero-order valence-electron chi connectivity index (χ0n) is 15.2. The van der Waals surface area contributed by atoms with Gasteiger partial charge in [-0.1, -0.05) is 0 Å². The lowest BCUT2D eigenvalue weighted by Gasteiger charge is -2.11. The second-order valence-corrected chi connectivity index (χ2v) is 7.32. The molecule has 1 saturated heterocycles. The van der Waals surface area contributed by atoms with Crippen molar-refractivity contribution in [3.8, 4) is 22.7 Å². The number of carbonyl (C=O) groups excluding carboxylic acids is 1. The predicted octanol–water partition coefficient (Wildman–Crippen LogP) is 4.35. The van der Waals surface area contributed by atoms with Crippen LogP contribution in [-0.4, -0.2) is 29.1 Å². The fraction of sp³-hybridized carbons (Fsp3) is 0.300. The largest absolute Gasteiger partial charge is 0.497 e. The zero-order valence-corrected chi connectivity index (χ0v) is 16.0. The van der Waals surface area contributed by atoms with Crippen LogP contribution >= 0.6 is 11.3 Å². The summed E-state index contributed by atoms with van der Waals surface area (Å²) in [5.41, 5.74) is 5.41. The maximum atomic E-state index is 12.0. The zero-order chi connectivity index (χ0) is 18.3. The van der Waals surface area contributed by atoms with Crippen LogP contribution in [0.4, 0.5) is 5.13 Å². The number of aryl methyl sites for hydroxylation is 1. The molecule has 0 aliphatic carbocycles. The van der Waals surface area contributed by atoms with Gasteiger partial charge in [-0.3, -0.25) is 9.69 Å². The van der Waals surface area contributed by atoms with Crippen molar-refractivity contribution in [3.63, 3.8) is 0 Å². The number of thiazole rings is 1. The minimum Gasteiger partial charge on any atom is -0.497 e. The lowest BCUT2D eigenvalue weighted by molar-refractivity contribution is -0.117. The molecule has 0 saturated carbocycles. The van der Waals surface area contributed by atoms with Crippen molar-refractivity contribution < 1.29 is 9.53 Å². The fourth-order valence-electron chi connectivity index (χ4n) is 3.51. The molecule has 1 aliphatic rings. The molecule has 1 aliphatic heterocycles. The summed E-state index contributed by atoms with van der Waals surface area (Å²) in [7, 11) is 1.67. The smallest absolute Gasteiger partial charge is 0.228 e. The number of nitrogens with zero attached hydrogens (tertiary/aromatic N) is 3. The highest BCUT2D eigenvalue weighted by Crippen LogP contribution is 2.34. The Labute approximate surface area is 156 Å². The van der Waals surface area contributed by atoms with Gasteiger partial charge in [0, 0.05) is 41.0 Å². The van der Waals surface area contributed by atoms with E-state index in [1.165, 1.54) is 11.3 Å². The number of anilines is 1. The van der Waals surface area contributed by atoms with E-state index in [1.54, 1.807) is 12.0 Å². The molecular formula is C20H21N3O2S. The molecule has 0 spiro atoms. The molecular weight excluding hydrogens is 346 g/mol. The SMILES string of the molecule is COc1ccc(-n2c(C)cc(-c3csc(N4CCCC4=O)n3)c2C)cc1. The maximum absolute atomic E-state index is 12.0. The van der Waals surface area contributed by atoms with E-state index in [9.17, 15) is 4.79 Å². The molecule has 1 fully saturated rings. The second kappa shape index (κ2) is 6.61. The van der Waals surface area contributed by atoms with E-state index in [-0.39, 0.29) is 5.91 Å². The van der Waals surface area contributed by atoms with E-state index in [1.807, 2.05) is 17.5 Å². The molecule has 0 atom stereocenters. The van der Waals surface area contributed by atoms with Gasteiger partial charge in [0.2, 0.25) is 5.91 Å². The highest BCUT2D eigenvalue weighted by Gasteiger charge is 2.25. The molecule has 3 aromatic rings. The van der Waals surface area contributed by atoms with Gasteiger partial charge in [-0.15, -0.1) is 11.3 Å². The van der Waals surface area contributed by atoms with E-state index < -0.39 is 0 Å². The van der Waals surface area contributed by atoms with Crippen LogP contribution in [0.15, 0.2) is 35.7 Å². The number of aromatic nitrogens is 2. The van der Waals surface area contributed by atoms with Crippen molar-refractivity contribution in [3.05, 3.63) is 47.1 Å². The molecule has 5 nitrogen and oxygen atoms in total. The van der Waals surface area contributed by atoms with Gasteiger partial charge in [0.25, 0.3) is 0 Å². The van der Waals surface area contributed by atoms with Crippen LogP contribution in [0.3, 0.4) is 0 Å². The molecule has 2 aromatic heterocycles. The van der Waals surface area contributed by atoms with Gasteiger partial charge in [-0.2, -0.15) is 0 Å². The summed E-state index contributed by atoms with van der Waals surface area (Å²) in [6.45, 7) is 4.97. The van der Waals surface area contributed by atoms with Crippen LogP contribution in [0.1, 0.15) is 24.2 Å². The number of ether oxygens (including phenoxy) is 1. The summed E-state index contributed by atoms with van der Waals surface area (Å²) in [5.74, 6) is 1.02. The van der Waals surface area contributed by atoms with Crippen LogP contribution in [-0.2, 0) is 4.79 Å². The first-order valence-corrected chi connectivity index (χ1v) is 9.56. The van der Waals surface area contributed by atoms with Crippen LogP contribution in [0.2, 0.25) is 0 Å². The van der Waals surface area contributed by atoms with Crippen LogP contribution in [0.25, 0.3) is 16.9 Å². The van der Waals surface area contributed by atoms with Crippen LogP contribution in [0, 0.1) is 13.8 Å². The molecule has 0 radical (unpaired) electrons. The van der Waals surface area contributed by atoms with Crippen molar-refractivity contribution in [2.45, 2.75) is 26.7 Å². The summed E-state index contributed by atoms with van der Waals surface area (Å²) in [6.07, 6.45) is 1.54. The fourth-order valence-corrected chi connectivity index (χ4v) is 4.38. The number of methoxy groups -OCH3 is 1. The third kappa shape index (κ3) is 2.80. The Morgan fingerprint density at radius 1 is 1.19 bits per heavy atom. The Bertz CT molecular complexity index is 956. The molecule has 3 heterocycles. The standard InChI is InChI=1S/C20H21N3O2S/c1-13-11-17(14(2)23(13)15-6-8-16(25-3)9-7-15)18-12-26-20(21-18)22-10-4-5-19(22)24/h6-9,11-12H,4-5,10H2,1-3H3. The average molecular weight is 367 g/mol. The Kier molecular flexibility index (Phi) is 4.28. The van der Waals surface area contributed by atoms with Gasteiger partial charge in [0.15, 0.2) is 5.13 Å². The summed E-state index contributed by atoms with van der Waals surface area (Å²) < 4.78 is 7.47. The normalized spacial score (nSPS) is 14.3. The van der Waals surface area contributed by atoms with E-state index in [0.29, 0.717) is 6.42 Å². The Balaban J connectivity index is 1.70. The lowest BCUT2D eigenvalue weighted by atomic mass is 10.2. The quantitative estimate of drug-likeness (QED) is 0.689. The molecule has 0 bridgehead atoms. The Morgan fingerprint density at radius 3 is 2.62 bits per heavy atom. The summed E-state index contributed by atoms with van der Waals surface area (Å²) in [4.78, 5) is 18.5. The van der Waals surface area contributed by atoms with Crippen molar-refractivity contribution in [1.29, 1.82) is 0 Å². The molecule has 1 amide bonds. The topological polar surface area (TPSA) is 47.4 Å². The highest BCUT2D eigenvalue weighted by atomic mass is 32.1. The molecule has 4 rings (SSSR count). The number of carbonyl (C=O) groups is 1. The number of hydrogen-bond donors (Lipinski definition) is 0. The van der Waals surface area contributed by atoms with Crippen LogP contribution < -0.4 is 9.64 Å². The van der Waals surface area contributed by atoms with Gasteiger partial charge in [0.05, 0.1) is 12.8 Å². The summed E-state index contributed by atoms with van der Waals surface area (Å²) >= 11 is 1.54. The van der Waals surface area contributed by atoms with Crippen LogP contribution in [0.5, 0.6) is 5.75 Å². The number of benzene rings is 1. The first kappa shape index (κ1) is 16.8. The third-order valence-corrected chi connectivity index (χ3v) is 5.70. The Hall–Kier alpha value is -2.60. The second-order valence-electron chi connectivity index (χ2n) is 6.48. The molecule has 26 heavy (non-hydrogen) atoms. The first-order chi connectivity index (χ1) is 12.6. The van der Waals surface area contributed by atoms with Gasteiger partial charge in [-0.25, -0.2) is 4.98 Å². The van der Waals surface area contributed by atoms with Gasteiger partial charge in [-0.05, 0) is 50.6 Å². The maximum Gasteiger partial charge on any atom is 0.228 e. The average Bonchev–Trinajstić information content (AvgIpc) is 3.34. The van der Waals surface area contributed by atoms with E-state index in [4.69, 9.17) is 9.72 Å². The molecule has 0 N–H and O–H groups in total. The van der Waals surface area contributed by atoms with Gasteiger partial charge < -0.3 is 9.30 Å². The first-order valence-electron chi connectivity index (χ1n) is 8.68. The Morgan fingerprint density at radius 2 is 1.96 bits per heavy atom. The molecule has 0 unspecified atom stereocenters. The molecule has 134 valence electrons. The van der Waals surface area contributed by atoms with Crippen molar-refractivity contribution in [2.75, 3.05) is 18.6 Å². The molecule has 1 aromatic carbocycles. The lowest BCUT2D eigenvalue weighted by Crippen LogP contribution is -2.23. The van der Waals surface area contributed by atoms with E-state index in [2.05, 4.69) is 36.6 Å². The van der Waals surface area contributed by atoms with Crippen molar-refractivity contribution in [2.24, 2.45) is 0 Å². The van der Waals surface area contributed by atoms with Gasteiger partial charge in [0.1, 0.15) is 5.75 Å².